The van der Waals surface area contributed by atoms with Crippen molar-refractivity contribution in [2.45, 2.75) is 113 Å². The normalized spacial score (nSPS) is 53.3. The number of ketones is 1. The first-order chi connectivity index (χ1) is 14.3. The van der Waals surface area contributed by atoms with Gasteiger partial charge in [-0.3, -0.25) is 4.79 Å². The molecule has 0 unspecified atom stereocenters. The highest BCUT2D eigenvalue weighted by molar-refractivity contribution is 5.98. The van der Waals surface area contributed by atoms with Crippen molar-refractivity contribution in [1.82, 2.24) is 0 Å². The van der Waals surface area contributed by atoms with Gasteiger partial charge in [0.05, 0.1) is 0 Å². The molecule has 31 heavy (non-hydrogen) atoms. The van der Waals surface area contributed by atoms with Crippen molar-refractivity contribution in [2.75, 3.05) is 0 Å². The molecule has 0 aromatic rings. The molecular formula is C30H48O. The highest BCUT2D eigenvalue weighted by Crippen LogP contribution is 2.75. The molecule has 4 saturated carbocycles. The van der Waals surface area contributed by atoms with Crippen LogP contribution in [0, 0.1) is 56.7 Å². The molecule has 174 valence electrons. The molecule has 1 heteroatoms. The molecule has 0 amide bonds. The Morgan fingerprint density at radius 3 is 2.19 bits per heavy atom. The lowest BCUT2D eigenvalue weighted by Gasteiger charge is -2.68. The van der Waals surface area contributed by atoms with Crippen LogP contribution in [0.15, 0.2) is 11.6 Å². The zero-order valence-corrected chi connectivity index (χ0v) is 21.7. The van der Waals surface area contributed by atoms with Gasteiger partial charge in [0.15, 0.2) is 5.78 Å². The fraction of sp³-hybridized carbons (Fsp3) is 0.900. The lowest BCUT2D eigenvalue weighted by molar-refractivity contribution is -0.173. The van der Waals surface area contributed by atoms with Crippen LogP contribution >= 0.6 is 0 Å². The van der Waals surface area contributed by atoms with E-state index in [2.05, 4.69) is 61.5 Å². The van der Waals surface area contributed by atoms with E-state index in [0.717, 1.165) is 17.8 Å². The number of allylic oxidation sites excluding steroid dienone is 2. The van der Waals surface area contributed by atoms with Crippen molar-refractivity contribution in [3.63, 3.8) is 0 Å². The molecule has 0 spiro atoms. The molecule has 5 aliphatic rings. The fourth-order valence-electron chi connectivity index (χ4n) is 11.1. The SMILES string of the molecule is CC(C)[C@H]1CC[C@@H]2[C@]1(C)CC[C@]1(C)[C@H]3CC[C@H]4C(C)(C)CCC[C@]4(C)C3=CC(=O)[C@@]21C. The largest absolute Gasteiger partial charge is 0.294 e. The van der Waals surface area contributed by atoms with E-state index < -0.39 is 0 Å². The van der Waals surface area contributed by atoms with Gasteiger partial charge >= 0.3 is 0 Å². The van der Waals surface area contributed by atoms with E-state index in [9.17, 15) is 4.79 Å². The minimum absolute atomic E-state index is 0.139. The standard InChI is InChI=1S/C30H48O/c1-19(2)20-10-13-24-28(20,6)16-17-29(7)21-11-12-23-26(3,4)14-9-15-27(23,5)22(21)18-25(31)30(24,29)8/h18-21,23-24H,9-17H2,1-8H3/t20-,21+,23+,24-,27-,28-,29-,30-/m1/s1. The second kappa shape index (κ2) is 6.50. The summed E-state index contributed by atoms with van der Waals surface area (Å²) in [5.41, 5.74) is 2.54. The van der Waals surface area contributed by atoms with Crippen LogP contribution in [0.1, 0.15) is 113 Å². The summed E-state index contributed by atoms with van der Waals surface area (Å²) in [6.07, 6.45) is 14.1. The van der Waals surface area contributed by atoms with Gasteiger partial charge in [0, 0.05) is 5.41 Å². The summed E-state index contributed by atoms with van der Waals surface area (Å²) < 4.78 is 0. The lowest BCUT2D eigenvalue weighted by Crippen LogP contribution is -2.64. The highest BCUT2D eigenvalue weighted by atomic mass is 16.1. The smallest absolute Gasteiger partial charge is 0.162 e. The van der Waals surface area contributed by atoms with Crippen molar-refractivity contribution < 1.29 is 4.79 Å². The van der Waals surface area contributed by atoms with Crippen LogP contribution in [-0.2, 0) is 4.79 Å². The van der Waals surface area contributed by atoms with Crippen LogP contribution in [0.2, 0.25) is 0 Å². The predicted molar refractivity (Wildman–Crippen MR) is 130 cm³/mol. The third-order valence-electron chi connectivity index (χ3n) is 12.9. The van der Waals surface area contributed by atoms with Crippen LogP contribution in [0.25, 0.3) is 0 Å². The molecule has 0 aliphatic heterocycles. The molecule has 0 aromatic heterocycles. The summed E-state index contributed by atoms with van der Waals surface area (Å²) in [6.45, 7) is 19.9. The van der Waals surface area contributed by atoms with Crippen molar-refractivity contribution in [3.8, 4) is 0 Å². The molecule has 0 heterocycles. The molecule has 4 fully saturated rings. The number of carbonyl (C=O) groups is 1. The van der Waals surface area contributed by atoms with E-state index in [1.165, 1.54) is 57.8 Å². The van der Waals surface area contributed by atoms with Crippen molar-refractivity contribution in [2.24, 2.45) is 56.7 Å². The van der Waals surface area contributed by atoms with E-state index in [1.54, 1.807) is 5.57 Å². The third kappa shape index (κ3) is 2.53. The van der Waals surface area contributed by atoms with Gasteiger partial charge in [0.2, 0.25) is 0 Å². The maximum absolute atomic E-state index is 14.3. The fourth-order valence-corrected chi connectivity index (χ4v) is 11.1. The number of rotatable bonds is 1. The summed E-state index contributed by atoms with van der Waals surface area (Å²) in [7, 11) is 0. The van der Waals surface area contributed by atoms with Crippen LogP contribution in [-0.4, -0.2) is 5.78 Å². The van der Waals surface area contributed by atoms with E-state index >= 15 is 0 Å². The van der Waals surface area contributed by atoms with E-state index in [0.29, 0.717) is 28.4 Å². The number of fused-ring (bicyclic) bond motifs is 7. The Morgan fingerprint density at radius 2 is 1.52 bits per heavy atom. The molecular weight excluding hydrogens is 376 g/mol. The highest BCUT2D eigenvalue weighted by Gasteiger charge is 2.70. The van der Waals surface area contributed by atoms with E-state index in [-0.39, 0.29) is 16.2 Å². The van der Waals surface area contributed by atoms with Gasteiger partial charge in [-0.1, -0.05) is 67.4 Å². The molecule has 1 nitrogen and oxygen atoms in total. The second-order valence-electron chi connectivity index (χ2n) is 14.5. The van der Waals surface area contributed by atoms with Gasteiger partial charge in [0.1, 0.15) is 0 Å². The lowest BCUT2D eigenvalue weighted by atomic mass is 9.35. The second-order valence-corrected chi connectivity index (χ2v) is 14.5. The van der Waals surface area contributed by atoms with Crippen LogP contribution < -0.4 is 0 Å². The molecule has 5 aliphatic carbocycles. The molecule has 0 aromatic carbocycles. The zero-order valence-electron chi connectivity index (χ0n) is 21.7. The maximum Gasteiger partial charge on any atom is 0.162 e. The minimum Gasteiger partial charge on any atom is -0.294 e. The summed E-state index contributed by atoms with van der Waals surface area (Å²) in [5.74, 6) is 3.93. The molecule has 5 rings (SSSR count). The quantitative estimate of drug-likeness (QED) is 0.414. The van der Waals surface area contributed by atoms with Crippen LogP contribution in [0.3, 0.4) is 0 Å². The summed E-state index contributed by atoms with van der Waals surface area (Å²) >= 11 is 0. The molecule has 8 atom stereocenters. The van der Waals surface area contributed by atoms with Crippen LogP contribution in [0.4, 0.5) is 0 Å². The van der Waals surface area contributed by atoms with Crippen molar-refractivity contribution in [1.29, 1.82) is 0 Å². The Bertz CT molecular complexity index is 818. The van der Waals surface area contributed by atoms with Gasteiger partial charge in [-0.15, -0.1) is 0 Å². The Hall–Kier alpha value is -0.590. The van der Waals surface area contributed by atoms with Crippen molar-refractivity contribution >= 4 is 5.78 Å². The van der Waals surface area contributed by atoms with E-state index in [1.807, 2.05) is 0 Å². The van der Waals surface area contributed by atoms with Gasteiger partial charge < -0.3 is 0 Å². The van der Waals surface area contributed by atoms with Gasteiger partial charge in [-0.2, -0.15) is 0 Å². The Morgan fingerprint density at radius 1 is 0.839 bits per heavy atom. The van der Waals surface area contributed by atoms with Gasteiger partial charge in [-0.25, -0.2) is 0 Å². The minimum atomic E-state index is -0.175. The van der Waals surface area contributed by atoms with Crippen LogP contribution in [0.5, 0.6) is 0 Å². The molecule has 0 radical (unpaired) electrons. The first kappa shape index (κ1) is 22.2. The topological polar surface area (TPSA) is 17.1 Å². The Labute approximate surface area is 192 Å². The Balaban J connectivity index is 1.61. The third-order valence-corrected chi connectivity index (χ3v) is 12.9. The summed E-state index contributed by atoms with van der Waals surface area (Å²) in [6, 6.07) is 0. The van der Waals surface area contributed by atoms with Crippen molar-refractivity contribution in [3.05, 3.63) is 11.6 Å². The molecule has 0 N–H and O–H groups in total. The number of hydrogen-bond acceptors (Lipinski definition) is 1. The average molecular weight is 425 g/mol. The molecule has 0 saturated heterocycles. The number of carbonyl (C=O) groups excluding carboxylic acids is 1. The predicted octanol–water partition coefficient (Wildman–Crippen LogP) is 8.23. The van der Waals surface area contributed by atoms with Gasteiger partial charge in [0.25, 0.3) is 0 Å². The first-order valence-electron chi connectivity index (χ1n) is 13.6. The monoisotopic (exact) mass is 424 g/mol. The average Bonchev–Trinajstić information content (AvgIpc) is 3.03. The summed E-state index contributed by atoms with van der Waals surface area (Å²) in [5, 5.41) is 0. The first-order valence-corrected chi connectivity index (χ1v) is 13.6. The van der Waals surface area contributed by atoms with Gasteiger partial charge in [-0.05, 0) is 109 Å². The number of hydrogen-bond donors (Lipinski definition) is 0. The van der Waals surface area contributed by atoms with E-state index in [4.69, 9.17) is 0 Å². The zero-order chi connectivity index (χ0) is 22.6. The summed E-state index contributed by atoms with van der Waals surface area (Å²) in [4.78, 5) is 14.3. The Kier molecular flexibility index (Phi) is 4.66. The molecule has 0 bridgehead atoms. The maximum atomic E-state index is 14.3.